The molecule has 1 aliphatic rings. The molecule has 2 rings (SSSR count). The second kappa shape index (κ2) is 6.86. The van der Waals surface area contributed by atoms with E-state index in [1.165, 1.54) is 0 Å². The lowest BCUT2D eigenvalue weighted by Crippen LogP contribution is -2.33. The van der Waals surface area contributed by atoms with E-state index in [1.54, 1.807) is 7.11 Å². The summed E-state index contributed by atoms with van der Waals surface area (Å²) < 4.78 is 10.7. The van der Waals surface area contributed by atoms with Gasteiger partial charge < -0.3 is 14.8 Å². The Morgan fingerprint density at radius 2 is 2.15 bits per heavy atom. The number of ether oxygens (including phenoxy) is 2. The van der Waals surface area contributed by atoms with Gasteiger partial charge in [0.2, 0.25) is 0 Å². The van der Waals surface area contributed by atoms with Crippen molar-refractivity contribution in [3.05, 3.63) is 29.8 Å². The van der Waals surface area contributed by atoms with E-state index in [9.17, 15) is 4.79 Å². The lowest BCUT2D eigenvalue weighted by molar-refractivity contribution is 0.0803. The Balaban J connectivity index is 2.20. The molecule has 4 heteroatoms. The topological polar surface area (TPSA) is 47.6 Å². The fourth-order valence-electron chi connectivity index (χ4n) is 2.70. The van der Waals surface area contributed by atoms with Crippen LogP contribution in [0.25, 0.3) is 0 Å². The van der Waals surface area contributed by atoms with Gasteiger partial charge in [0, 0.05) is 19.1 Å². The van der Waals surface area contributed by atoms with E-state index in [0.717, 1.165) is 25.9 Å². The third kappa shape index (κ3) is 3.02. The first kappa shape index (κ1) is 15.0. The van der Waals surface area contributed by atoms with Crippen molar-refractivity contribution in [2.75, 3.05) is 33.4 Å². The number of rotatable bonds is 7. The van der Waals surface area contributed by atoms with Crippen molar-refractivity contribution in [2.45, 2.75) is 19.8 Å². The Morgan fingerprint density at radius 3 is 2.80 bits per heavy atom. The number of nitrogens with one attached hydrogen (secondary N) is 1. The molecule has 1 saturated heterocycles. The first-order valence-corrected chi connectivity index (χ1v) is 7.20. The number of carbonyl (C=O) groups is 1. The number of ketones is 1. The maximum Gasteiger partial charge on any atom is 0.174 e. The molecule has 0 spiro atoms. The smallest absolute Gasteiger partial charge is 0.174 e. The lowest BCUT2D eigenvalue weighted by atomic mass is 9.77. The zero-order chi connectivity index (χ0) is 14.4. The highest BCUT2D eigenvalue weighted by atomic mass is 16.5. The molecule has 0 radical (unpaired) electrons. The van der Waals surface area contributed by atoms with Crippen molar-refractivity contribution >= 4 is 5.78 Å². The summed E-state index contributed by atoms with van der Waals surface area (Å²) in [7, 11) is 1.64. The van der Waals surface area contributed by atoms with Crippen LogP contribution in [-0.4, -0.2) is 39.2 Å². The van der Waals surface area contributed by atoms with Crippen LogP contribution in [0.5, 0.6) is 5.75 Å². The Kier molecular flexibility index (Phi) is 5.15. The van der Waals surface area contributed by atoms with E-state index < -0.39 is 0 Å². The molecule has 0 aliphatic carbocycles. The zero-order valence-corrected chi connectivity index (χ0v) is 12.3. The highest BCUT2D eigenvalue weighted by Gasteiger charge is 2.40. The fraction of sp³-hybridized carbons (Fsp3) is 0.562. The molecule has 0 saturated carbocycles. The molecule has 1 aromatic rings. The van der Waals surface area contributed by atoms with E-state index in [0.29, 0.717) is 24.5 Å². The highest BCUT2D eigenvalue weighted by Crippen LogP contribution is 2.36. The average molecular weight is 277 g/mol. The molecule has 0 aromatic heterocycles. The van der Waals surface area contributed by atoms with Crippen molar-refractivity contribution in [3.63, 3.8) is 0 Å². The SMILES string of the molecule is CCC1(C(=O)c2ccccc2OCCOC)CCNC1. The minimum Gasteiger partial charge on any atom is -0.490 e. The number of Topliss-reactive ketones (excluding diaryl/α,β-unsaturated/α-hetero) is 1. The van der Waals surface area contributed by atoms with Gasteiger partial charge in [-0.1, -0.05) is 19.1 Å². The number of hydrogen-bond donors (Lipinski definition) is 1. The largest absolute Gasteiger partial charge is 0.490 e. The number of hydrogen-bond acceptors (Lipinski definition) is 4. The fourth-order valence-corrected chi connectivity index (χ4v) is 2.70. The molecule has 1 heterocycles. The van der Waals surface area contributed by atoms with E-state index in [4.69, 9.17) is 9.47 Å². The first-order chi connectivity index (χ1) is 9.73. The van der Waals surface area contributed by atoms with E-state index in [1.807, 2.05) is 24.3 Å². The summed E-state index contributed by atoms with van der Waals surface area (Å²) in [5.41, 5.74) is 0.412. The molecule has 1 atom stereocenters. The van der Waals surface area contributed by atoms with Crippen molar-refractivity contribution in [1.29, 1.82) is 0 Å². The van der Waals surface area contributed by atoms with Gasteiger partial charge in [-0.3, -0.25) is 4.79 Å². The summed E-state index contributed by atoms with van der Waals surface area (Å²) in [6.07, 6.45) is 1.75. The third-order valence-electron chi connectivity index (χ3n) is 4.08. The monoisotopic (exact) mass is 277 g/mol. The van der Waals surface area contributed by atoms with Gasteiger partial charge in [-0.05, 0) is 31.5 Å². The lowest BCUT2D eigenvalue weighted by Gasteiger charge is -2.25. The molecular formula is C16H23NO3. The first-order valence-electron chi connectivity index (χ1n) is 7.20. The summed E-state index contributed by atoms with van der Waals surface area (Å²) in [4.78, 5) is 12.9. The number of carbonyl (C=O) groups excluding carboxylic acids is 1. The van der Waals surface area contributed by atoms with Gasteiger partial charge in [0.15, 0.2) is 5.78 Å². The molecule has 1 aromatic carbocycles. The summed E-state index contributed by atoms with van der Waals surface area (Å²) in [6, 6.07) is 7.50. The van der Waals surface area contributed by atoms with Crippen molar-refractivity contribution in [1.82, 2.24) is 5.32 Å². The maximum atomic E-state index is 12.9. The van der Waals surface area contributed by atoms with E-state index >= 15 is 0 Å². The van der Waals surface area contributed by atoms with Crippen LogP contribution in [-0.2, 0) is 4.74 Å². The molecule has 20 heavy (non-hydrogen) atoms. The van der Waals surface area contributed by atoms with Crippen LogP contribution in [0.1, 0.15) is 30.1 Å². The summed E-state index contributed by atoms with van der Waals surface area (Å²) in [5, 5.41) is 3.30. The van der Waals surface area contributed by atoms with Crippen molar-refractivity contribution in [3.8, 4) is 5.75 Å². The van der Waals surface area contributed by atoms with E-state index in [2.05, 4.69) is 12.2 Å². The molecule has 1 aliphatic heterocycles. The second-order valence-corrected chi connectivity index (χ2v) is 5.23. The predicted molar refractivity (Wildman–Crippen MR) is 78.4 cm³/mol. The van der Waals surface area contributed by atoms with Crippen LogP contribution in [0.15, 0.2) is 24.3 Å². The molecule has 1 N–H and O–H groups in total. The molecule has 0 bridgehead atoms. The second-order valence-electron chi connectivity index (χ2n) is 5.23. The van der Waals surface area contributed by atoms with E-state index in [-0.39, 0.29) is 11.2 Å². The van der Waals surface area contributed by atoms with Crippen LogP contribution in [0.3, 0.4) is 0 Å². The van der Waals surface area contributed by atoms with Gasteiger partial charge in [-0.2, -0.15) is 0 Å². The number of para-hydroxylation sites is 1. The minimum absolute atomic E-state index is 0.193. The summed E-state index contributed by atoms with van der Waals surface area (Å²) >= 11 is 0. The van der Waals surface area contributed by atoms with Crippen LogP contribution in [0.2, 0.25) is 0 Å². The molecule has 1 unspecified atom stereocenters. The normalized spacial score (nSPS) is 21.9. The third-order valence-corrected chi connectivity index (χ3v) is 4.08. The average Bonchev–Trinajstić information content (AvgIpc) is 2.97. The number of benzene rings is 1. The van der Waals surface area contributed by atoms with Gasteiger partial charge in [-0.25, -0.2) is 0 Å². The predicted octanol–water partition coefficient (Wildman–Crippen LogP) is 2.28. The van der Waals surface area contributed by atoms with Gasteiger partial charge in [0.25, 0.3) is 0 Å². The Labute approximate surface area is 120 Å². The van der Waals surface area contributed by atoms with Gasteiger partial charge in [0.05, 0.1) is 12.2 Å². The zero-order valence-electron chi connectivity index (χ0n) is 12.3. The van der Waals surface area contributed by atoms with Gasteiger partial charge in [-0.15, -0.1) is 0 Å². The van der Waals surface area contributed by atoms with Gasteiger partial charge >= 0.3 is 0 Å². The Hall–Kier alpha value is -1.39. The molecule has 4 nitrogen and oxygen atoms in total. The van der Waals surface area contributed by atoms with Crippen LogP contribution < -0.4 is 10.1 Å². The molecule has 1 fully saturated rings. The molecule has 110 valence electrons. The van der Waals surface area contributed by atoms with Crippen LogP contribution in [0.4, 0.5) is 0 Å². The van der Waals surface area contributed by atoms with Gasteiger partial charge in [0.1, 0.15) is 12.4 Å². The van der Waals surface area contributed by atoms with Crippen molar-refractivity contribution < 1.29 is 14.3 Å². The summed E-state index contributed by atoms with van der Waals surface area (Å²) in [6.45, 7) is 4.72. The Bertz CT molecular complexity index is 453. The summed E-state index contributed by atoms with van der Waals surface area (Å²) in [5.74, 6) is 0.854. The van der Waals surface area contributed by atoms with Crippen molar-refractivity contribution in [2.24, 2.45) is 5.41 Å². The number of methoxy groups -OCH3 is 1. The Morgan fingerprint density at radius 1 is 1.35 bits per heavy atom. The molecule has 0 amide bonds. The highest BCUT2D eigenvalue weighted by molar-refractivity contribution is 6.03. The van der Waals surface area contributed by atoms with Crippen LogP contribution >= 0.6 is 0 Å². The van der Waals surface area contributed by atoms with Crippen LogP contribution in [0, 0.1) is 5.41 Å². The quantitative estimate of drug-likeness (QED) is 0.613. The minimum atomic E-state index is -0.277. The standard InChI is InChI=1S/C16H23NO3/c1-3-16(8-9-17-12-16)15(18)13-6-4-5-7-14(13)20-11-10-19-2/h4-7,17H,3,8-12H2,1-2H3. The molecular weight excluding hydrogens is 254 g/mol. The maximum absolute atomic E-state index is 12.9.